The zero-order chi connectivity index (χ0) is 42.6. The van der Waals surface area contributed by atoms with Gasteiger partial charge in [0.05, 0.1) is 22.6 Å². The quantitative estimate of drug-likeness (QED) is 0.325. The maximum absolute atomic E-state index is 12.7. The molecule has 0 unspecified atom stereocenters. The van der Waals surface area contributed by atoms with E-state index in [9.17, 15) is 19.2 Å². The normalized spacial score (nSPS) is 19.5. The molecule has 0 saturated carbocycles. The van der Waals surface area contributed by atoms with Crippen LogP contribution in [0.4, 0.5) is 11.4 Å². The second-order valence-corrected chi connectivity index (χ2v) is 20.3. The molecule has 316 valence electrons. The van der Waals surface area contributed by atoms with E-state index in [4.69, 9.17) is 19.4 Å². The van der Waals surface area contributed by atoms with E-state index in [1.54, 1.807) is 0 Å². The number of carbonyl (C=O) groups excluding carboxylic acids is 4. The number of hydrogen-bond donors (Lipinski definition) is 0. The summed E-state index contributed by atoms with van der Waals surface area (Å²) in [5.74, 6) is -1.31. The maximum Gasteiger partial charge on any atom is 2.00 e. The van der Waals surface area contributed by atoms with Crippen LogP contribution in [0, 0.1) is 11.8 Å². The zero-order valence-electron chi connectivity index (χ0n) is 36.7. The fourth-order valence-electron chi connectivity index (χ4n) is 7.74. The topological polar surface area (TPSA) is 106 Å². The standard InChI is InChI=1S/2C22H27N3O2.4ClH.2Zn/c2*1-7-24-18-11-9-8-10-17(18)22(5,6)19(24)13-12-16-20(14(2)3)23-25(15(4)26)21(16)27;;;;;;/h2*8-14H,7H2,1-6H3;4*1H;;/q;;;;;;2*+2/p-4/b2*16-12+,19-13-;;;;;;. The van der Waals surface area contributed by atoms with E-state index >= 15 is 0 Å². The van der Waals surface area contributed by atoms with Gasteiger partial charge in [-0.15, -0.1) is 0 Å². The van der Waals surface area contributed by atoms with E-state index in [0.717, 1.165) is 34.5 Å². The molecule has 0 saturated heterocycles. The molecule has 4 aliphatic heterocycles. The molecule has 0 aliphatic carbocycles. The van der Waals surface area contributed by atoms with Crippen LogP contribution in [-0.2, 0) is 64.6 Å². The van der Waals surface area contributed by atoms with Gasteiger partial charge >= 0.3 is 54.0 Å². The SMILES string of the molecule is CCN1/C(=C\C=C2\C(=O)N(C(C)=O)N=C2C(C)C)C(C)(C)c2ccccc21.CCN1/C(=C\C=C2\C(=O)N(C(C)=O)N=C2C(C)C)C(C)(C)c2ccccc21.[Cl-].[Cl-].[Cl][Zn][Cl].[Zn+2]. The molecule has 0 radical (unpaired) electrons. The summed E-state index contributed by atoms with van der Waals surface area (Å²) in [7, 11) is 9.90. The number of rotatable bonds is 6. The van der Waals surface area contributed by atoms with Gasteiger partial charge in [-0.1, -0.05) is 91.8 Å². The van der Waals surface area contributed by atoms with Gasteiger partial charge in [-0.3, -0.25) is 19.2 Å². The molecule has 0 atom stereocenters. The molecule has 0 bridgehead atoms. The van der Waals surface area contributed by atoms with Crippen molar-refractivity contribution >= 4 is 65.8 Å². The summed E-state index contributed by atoms with van der Waals surface area (Å²) >= 11 is -0.931. The summed E-state index contributed by atoms with van der Waals surface area (Å²) in [5, 5.41) is 10.4. The van der Waals surface area contributed by atoms with Crippen molar-refractivity contribution in [1.82, 2.24) is 10.0 Å². The largest absolute Gasteiger partial charge is 2.00 e. The Kier molecular flexibility index (Phi) is 21.0. The van der Waals surface area contributed by atoms with Crippen molar-refractivity contribution in [3.05, 3.63) is 107 Å². The molecule has 2 aromatic rings. The number of amides is 4. The molecule has 4 amide bonds. The maximum atomic E-state index is 12.7. The monoisotopic (exact) mass is 998 g/mol. The number of fused-ring (bicyclic) bond motifs is 2. The van der Waals surface area contributed by atoms with Crippen LogP contribution in [-0.4, -0.2) is 58.2 Å². The van der Waals surface area contributed by atoms with Crippen LogP contribution in [0.5, 0.6) is 0 Å². The van der Waals surface area contributed by atoms with E-state index in [0.29, 0.717) is 22.6 Å². The van der Waals surface area contributed by atoms with Gasteiger partial charge in [0.2, 0.25) is 11.8 Å². The number of allylic oxidation sites excluding steroid dienone is 6. The van der Waals surface area contributed by atoms with Crippen LogP contribution in [0.15, 0.2) is 106 Å². The predicted octanol–water partition coefficient (Wildman–Crippen LogP) is 3.41. The van der Waals surface area contributed by atoms with Crippen LogP contribution in [0.3, 0.4) is 0 Å². The van der Waals surface area contributed by atoms with E-state index in [1.165, 1.54) is 36.3 Å². The Morgan fingerprint density at radius 3 is 1.22 bits per heavy atom. The number of hydrogen-bond acceptors (Lipinski definition) is 8. The molecular formula is C44H54Cl4N6O4Zn2. The van der Waals surface area contributed by atoms with Gasteiger partial charge in [0, 0.05) is 60.5 Å². The summed E-state index contributed by atoms with van der Waals surface area (Å²) in [4.78, 5) is 53.4. The fraction of sp³-hybridized carbons (Fsp3) is 0.409. The minimum atomic E-state index is -0.931. The average Bonchev–Trinajstić information content (AvgIpc) is 3.81. The van der Waals surface area contributed by atoms with Crippen molar-refractivity contribution in [3.8, 4) is 0 Å². The van der Waals surface area contributed by atoms with Gasteiger partial charge in [0.15, 0.2) is 0 Å². The molecule has 60 heavy (non-hydrogen) atoms. The minimum absolute atomic E-state index is 0. The van der Waals surface area contributed by atoms with Gasteiger partial charge in [0.25, 0.3) is 11.8 Å². The molecule has 4 heterocycles. The Morgan fingerprint density at radius 1 is 0.650 bits per heavy atom. The molecule has 10 nitrogen and oxygen atoms in total. The number of para-hydroxylation sites is 2. The van der Waals surface area contributed by atoms with Gasteiger partial charge in [-0.2, -0.15) is 20.2 Å². The molecule has 0 spiro atoms. The number of imide groups is 2. The van der Waals surface area contributed by atoms with E-state index < -0.39 is 15.1 Å². The second kappa shape index (κ2) is 22.9. The van der Waals surface area contributed by atoms with Crippen molar-refractivity contribution in [2.24, 2.45) is 22.0 Å². The van der Waals surface area contributed by atoms with Crippen molar-refractivity contribution in [2.75, 3.05) is 22.9 Å². The number of nitrogens with zero attached hydrogens (tertiary/aromatic N) is 6. The Labute approximate surface area is 396 Å². The third-order valence-electron chi connectivity index (χ3n) is 10.6. The van der Waals surface area contributed by atoms with Crippen LogP contribution >= 0.6 is 19.4 Å². The molecular weight excluding hydrogens is 949 g/mol. The summed E-state index contributed by atoms with van der Waals surface area (Å²) in [6.07, 6.45) is 7.68. The van der Waals surface area contributed by atoms with Crippen molar-refractivity contribution in [1.29, 1.82) is 0 Å². The first-order chi connectivity index (χ1) is 26.8. The smallest absolute Gasteiger partial charge is 2.00 e. The number of benzene rings is 2. The van der Waals surface area contributed by atoms with Crippen LogP contribution in [0.25, 0.3) is 0 Å². The van der Waals surface area contributed by atoms with E-state index in [1.807, 2.05) is 64.1 Å². The molecule has 2 aromatic carbocycles. The van der Waals surface area contributed by atoms with Crippen LogP contribution in [0.2, 0.25) is 0 Å². The van der Waals surface area contributed by atoms with Crippen LogP contribution in [0.1, 0.15) is 94.2 Å². The van der Waals surface area contributed by atoms with Gasteiger partial charge in [0.1, 0.15) is 0 Å². The first kappa shape index (κ1) is 55.0. The molecule has 6 rings (SSSR count). The first-order valence-corrected chi connectivity index (χ1v) is 27.2. The van der Waals surface area contributed by atoms with Gasteiger partial charge in [-0.25, -0.2) is 0 Å². The zero-order valence-corrected chi connectivity index (χ0v) is 45.7. The molecule has 0 aromatic heterocycles. The van der Waals surface area contributed by atoms with Gasteiger partial charge in [-0.05, 0) is 73.2 Å². The van der Waals surface area contributed by atoms with Crippen molar-refractivity contribution in [2.45, 2.75) is 93.9 Å². The average molecular weight is 1000 g/mol. The van der Waals surface area contributed by atoms with Crippen molar-refractivity contribution < 1.29 is 78.6 Å². The van der Waals surface area contributed by atoms with E-state index in [-0.39, 0.29) is 90.6 Å². The number of likely N-dealkylation sites (N-methyl/N-ethyl adjacent to an activating group) is 2. The van der Waals surface area contributed by atoms with Crippen LogP contribution < -0.4 is 34.6 Å². The number of carbonyl (C=O) groups is 4. The molecule has 0 fully saturated rings. The Morgan fingerprint density at radius 2 is 0.950 bits per heavy atom. The van der Waals surface area contributed by atoms with E-state index in [2.05, 4.69) is 97.9 Å². The summed E-state index contributed by atoms with van der Waals surface area (Å²) in [6, 6.07) is 16.8. The summed E-state index contributed by atoms with van der Waals surface area (Å²) in [5.41, 5.74) is 9.20. The number of anilines is 2. The minimum Gasteiger partial charge on any atom is 2.00 e. The fourth-order valence-corrected chi connectivity index (χ4v) is 7.74. The van der Waals surface area contributed by atoms with Gasteiger partial charge < -0.3 is 34.6 Å². The molecule has 0 N–H and O–H groups in total. The van der Waals surface area contributed by atoms with Crippen molar-refractivity contribution in [3.63, 3.8) is 0 Å². The number of hydrazone groups is 2. The molecule has 4 aliphatic rings. The Hall–Kier alpha value is -2.97. The molecule has 16 heteroatoms. The Bertz CT molecular complexity index is 1980. The first-order valence-electron chi connectivity index (χ1n) is 19.4. The third kappa shape index (κ3) is 11.0. The second-order valence-electron chi connectivity index (χ2n) is 15.7. The summed E-state index contributed by atoms with van der Waals surface area (Å²) in [6.45, 7) is 25.3. The Balaban J connectivity index is 0.000000538. The number of halogens is 4. The summed E-state index contributed by atoms with van der Waals surface area (Å²) < 4.78 is 0. The predicted molar refractivity (Wildman–Crippen MR) is 229 cm³/mol. The third-order valence-corrected chi connectivity index (χ3v) is 10.6.